The molecule has 0 aliphatic carbocycles. The van der Waals surface area contributed by atoms with E-state index in [-0.39, 0.29) is 10.9 Å². The molecule has 0 bridgehead atoms. The number of rotatable bonds is 3. The van der Waals surface area contributed by atoms with Crippen LogP contribution in [0.25, 0.3) is 0 Å². The van der Waals surface area contributed by atoms with Crippen molar-refractivity contribution in [1.29, 1.82) is 0 Å². The van der Waals surface area contributed by atoms with Gasteiger partial charge in [0.25, 0.3) is 0 Å². The summed E-state index contributed by atoms with van der Waals surface area (Å²) in [6, 6.07) is 4.83. The van der Waals surface area contributed by atoms with E-state index >= 15 is 0 Å². The highest BCUT2D eigenvalue weighted by molar-refractivity contribution is 7.91. The van der Waals surface area contributed by atoms with Gasteiger partial charge in [-0.05, 0) is 25.0 Å². The molecule has 0 saturated carbocycles. The van der Waals surface area contributed by atoms with Gasteiger partial charge < -0.3 is 10.0 Å². The van der Waals surface area contributed by atoms with Gasteiger partial charge in [-0.15, -0.1) is 0 Å². The summed E-state index contributed by atoms with van der Waals surface area (Å²) in [4.78, 5) is 16.8. The molecule has 104 valence electrons. The van der Waals surface area contributed by atoms with Crippen molar-refractivity contribution in [2.24, 2.45) is 0 Å². The number of hydrogen-bond acceptors (Lipinski definition) is 5. The van der Waals surface area contributed by atoms with Gasteiger partial charge in [-0.1, -0.05) is 6.07 Å². The molecule has 0 radical (unpaired) electrons. The van der Waals surface area contributed by atoms with Crippen LogP contribution in [-0.2, 0) is 9.84 Å². The first-order valence-electron chi connectivity index (χ1n) is 6.02. The van der Waals surface area contributed by atoms with Crippen molar-refractivity contribution in [1.82, 2.24) is 4.98 Å². The standard InChI is InChI=1S/C12H16N2O4S/c1-19(17,18)9-5-7-14(8-6-9)11-4-2-3-10(13-11)12(15)16/h2-4,9H,5-8H2,1H3,(H,15,16). The van der Waals surface area contributed by atoms with E-state index in [1.54, 1.807) is 12.1 Å². The molecule has 0 amide bonds. The maximum Gasteiger partial charge on any atom is 0.354 e. The summed E-state index contributed by atoms with van der Waals surface area (Å²) in [6.45, 7) is 1.15. The summed E-state index contributed by atoms with van der Waals surface area (Å²) in [5.74, 6) is -0.472. The molecular formula is C12H16N2O4S. The third-order valence-corrected chi connectivity index (χ3v) is 5.01. The van der Waals surface area contributed by atoms with Crippen LogP contribution in [0.15, 0.2) is 18.2 Å². The van der Waals surface area contributed by atoms with E-state index < -0.39 is 15.8 Å². The molecule has 0 atom stereocenters. The number of carboxylic acid groups (broad SMARTS) is 1. The lowest BCUT2D eigenvalue weighted by Gasteiger charge is -2.31. The molecule has 1 aliphatic heterocycles. The van der Waals surface area contributed by atoms with E-state index in [1.807, 2.05) is 4.90 Å². The first-order valence-corrected chi connectivity index (χ1v) is 7.97. The molecular weight excluding hydrogens is 268 g/mol. The second kappa shape index (κ2) is 5.16. The molecule has 2 rings (SSSR count). The van der Waals surface area contributed by atoms with Crippen LogP contribution in [0.4, 0.5) is 5.82 Å². The Hall–Kier alpha value is -1.63. The number of carbonyl (C=O) groups is 1. The van der Waals surface area contributed by atoms with E-state index in [2.05, 4.69) is 4.98 Å². The van der Waals surface area contributed by atoms with Gasteiger partial charge in [0, 0.05) is 19.3 Å². The minimum absolute atomic E-state index is 0.00253. The van der Waals surface area contributed by atoms with E-state index in [1.165, 1.54) is 12.3 Å². The van der Waals surface area contributed by atoms with Crippen LogP contribution < -0.4 is 4.90 Å². The lowest BCUT2D eigenvalue weighted by molar-refractivity contribution is 0.0690. The Labute approximate surface area is 112 Å². The molecule has 1 fully saturated rings. The second-order valence-electron chi connectivity index (χ2n) is 4.70. The normalized spacial score (nSPS) is 17.4. The van der Waals surface area contributed by atoms with Crippen molar-refractivity contribution in [2.75, 3.05) is 24.2 Å². The fourth-order valence-electron chi connectivity index (χ4n) is 2.23. The molecule has 19 heavy (non-hydrogen) atoms. The zero-order chi connectivity index (χ0) is 14.0. The van der Waals surface area contributed by atoms with Crippen molar-refractivity contribution >= 4 is 21.6 Å². The lowest BCUT2D eigenvalue weighted by Crippen LogP contribution is -2.39. The summed E-state index contributed by atoms with van der Waals surface area (Å²) in [5.41, 5.74) is 0.00253. The summed E-state index contributed by atoms with van der Waals surface area (Å²) >= 11 is 0. The van der Waals surface area contributed by atoms with Crippen molar-refractivity contribution in [3.05, 3.63) is 23.9 Å². The summed E-state index contributed by atoms with van der Waals surface area (Å²) < 4.78 is 22.9. The smallest absolute Gasteiger partial charge is 0.354 e. The first kappa shape index (κ1) is 13.8. The van der Waals surface area contributed by atoms with Gasteiger partial charge >= 0.3 is 5.97 Å². The van der Waals surface area contributed by atoms with E-state index in [0.717, 1.165) is 0 Å². The maximum absolute atomic E-state index is 11.5. The van der Waals surface area contributed by atoms with Gasteiger partial charge in [-0.3, -0.25) is 0 Å². The second-order valence-corrected chi connectivity index (χ2v) is 7.03. The number of aromatic carboxylic acids is 1. The van der Waals surface area contributed by atoms with Gasteiger partial charge in [0.05, 0.1) is 5.25 Å². The number of anilines is 1. The predicted molar refractivity (Wildman–Crippen MR) is 71.3 cm³/mol. The number of sulfone groups is 1. The van der Waals surface area contributed by atoms with Crippen LogP contribution in [0.3, 0.4) is 0 Å². The minimum atomic E-state index is -2.99. The molecule has 6 nitrogen and oxygen atoms in total. The molecule has 7 heteroatoms. The fourth-order valence-corrected chi connectivity index (χ4v) is 3.30. The van der Waals surface area contributed by atoms with Crippen molar-refractivity contribution in [3.63, 3.8) is 0 Å². The molecule has 1 aromatic heterocycles. The molecule has 1 N–H and O–H groups in total. The number of aromatic nitrogens is 1. The summed E-state index contributed by atoms with van der Waals surface area (Å²) in [5, 5.41) is 8.60. The molecule has 1 saturated heterocycles. The SMILES string of the molecule is CS(=O)(=O)C1CCN(c2cccc(C(=O)O)n2)CC1. The first-order chi connectivity index (χ1) is 8.88. The Balaban J connectivity index is 2.10. The Morgan fingerprint density at radius 1 is 1.37 bits per heavy atom. The highest BCUT2D eigenvalue weighted by Crippen LogP contribution is 2.21. The molecule has 2 heterocycles. The average molecular weight is 284 g/mol. The lowest BCUT2D eigenvalue weighted by atomic mass is 10.1. The van der Waals surface area contributed by atoms with Crippen LogP contribution in [0.2, 0.25) is 0 Å². The largest absolute Gasteiger partial charge is 0.477 e. The fraction of sp³-hybridized carbons (Fsp3) is 0.500. The zero-order valence-electron chi connectivity index (χ0n) is 10.6. The van der Waals surface area contributed by atoms with Crippen LogP contribution >= 0.6 is 0 Å². The van der Waals surface area contributed by atoms with Crippen molar-refractivity contribution in [2.45, 2.75) is 18.1 Å². The average Bonchev–Trinajstić information content (AvgIpc) is 2.38. The number of hydrogen-bond donors (Lipinski definition) is 1. The van der Waals surface area contributed by atoms with Gasteiger partial charge in [-0.25, -0.2) is 18.2 Å². The third kappa shape index (κ3) is 3.23. The highest BCUT2D eigenvalue weighted by atomic mass is 32.2. The number of pyridine rings is 1. The topological polar surface area (TPSA) is 87.6 Å². The maximum atomic E-state index is 11.5. The molecule has 0 aromatic carbocycles. The summed E-state index contributed by atoms with van der Waals surface area (Å²) in [6.07, 6.45) is 2.37. The molecule has 0 unspecified atom stereocenters. The van der Waals surface area contributed by atoms with Crippen LogP contribution in [0.1, 0.15) is 23.3 Å². The third-order valence-electron chi connectivity index (χ3n) is 3.32. The molecule has 0 spiro atoms. The van der Waals surface area contributed by atoms with Crippen LogP contribution in [0.5, 0.6) is 0 Å². The van der Waals surface area contributed by atoms with Gasteiger partial charge in [0.1, 0.15) is 15.7 Å². The van der Waals surface area contributed by atoms with Gasteiger partial charge in [0.2, 0.25) is 0 Å². The Morgan fingerprint density at radius 3 is 2.53 bits per heavy atom. The Kier molecular flexibility index (Phi) is 3.75. The van der Waals surface area contributed by atoms with Crippen molar-refractivity contribution in [3.8, 4) is 0 Å². The van der Waals surface area contributed by atoms with Crippen molar-refractivity contribution < 1.29 is 18.3 Å². The monoisotopic (exact) mass is 284 g/mol. The van der Waals surface area contributed by atoms with Gasteiger partial charge in [-0.2, -0.15) is 0 Å². The van der Waals surface area contributed by atoms with E-state index in [9.17, 15) is 13.2 Å². The van der Waals surface area contributed by atoms with Crippen LogP contribution in [-0.4, -0.2) is 49.1 Å². The number of carboxylic acids is 1. The van der Waals surface area contributed by atoms with E-state index in [4.69, 9.17) is 5.11 Å². The Morgan fingerprint density at radius 2 is 2.00 bits per heavy atom. The highest BCUT2D eigenvalue weighted by Gasteiger charge is 2.27. The number of nitrogens with zero attached hydrogens (tertiary/aromatic N) is 2. The van der Waals surface area contributed by atoms with Gasteiger partial charge in [0.15, 0.2) is 5.69 Å². The molecule has 1 aromatic rings. The summed E-state index contributed by atoms with van der Waals surface area (Å²) in [7, 11) is -2.99. The Bertz CT molecular complexity index is 577. The minimum Gasteiger partial charge on any atom is -0.477 e. The number of piperidine rings is 1. The predicted octanol–water partition coefficient (Wildman–Crippen LogP) is 0.793. The zero-order valence-corrected chi connectivity index (χ0v) is 11.4. The van der Waals surface area contributed by atoms with E-state index in [0.29, 0.717) is 31.7 Å². The quantitative estimate of drug-likeness (QED) is 0.883. The van der Waals surface area contributed by atoms with Crippen LogP contribution in [0, 0.1) is 0 Å². The molecule has 1 aliphatic rings.